The summed E-state index contributed by atoms with van der Waals surface area (Å²) in [5.41, 5.74) is 0.874. The molecule has 1 atom stereocenters. The second-order valence-electron chi connectivity index (χ2n) is 8.68. The topological polar surface area (TPSA) is 107 Å². The molecule has 4 rings (SSSR count). The highest BCUT2D eigenvalue weighted by Crippen LogP contribution is 2.40. The Morgan fingerprint density at radius 3 is 2.81 bits per heavy atom. The molecule has 0 radical (unpaired) electrons. The molecule has 2 N–H and O–H groups in total. The second-order valence-corrected chi connectivity index (χ2v) is 9.48. The third kappa shape index (κ3) is 4.50. The Hall–Kier alpha value is -2.87. The smallest absolute Gasteiger partial charge is 0.259 e. The molecule has 2 aliphatic rings. The van der Waals surface area contributed by atoms with Crippen molar-refractivity contribution in [3.8, 4) is 6.07 Å². The van der Waals surface area contributed by atoms with Crippen LogP contribution in [0.25, 0.3) is 0 Å². The molecule has 11 heteroatoms. The molecule has 0 bridgehead atoms. The number of hydrogen-bond acceptors (Lipinski definition) is 8. The minimum Gasteiger partial charge on any atom is -0.351 e. The van der Waals surface area contributed by atoms with Gasteiger partial charge >= 0.3 is 0 Å². The number of halogens is 2. The fraction of sp³-hybridized carbons (Fsp3) is 0.571. The van der Waals surface area contributed by atoms with Gasteiger partial charge in [-0.25, -0.2) is 13.8 Å². The van der Waals surface area contributed by atoms with Crippen molar-refractivity contribution in [2.45, 2.75) is 57.4 Å². The molecule has 1 amide bonds. The molecule has 1 aliphatic heterocycles. The molecule has 170 valence electrons. The molecule has 0 spiro atoms. The maximum Gasteiger partial charge on any atom is 0.259 e. The summed E-state index contributed by atoms with van der Waals surface area (Å²) in [5.74, 6) is -3.90. The lowest BCUT2D eigenvalue weighted by atomic mass is 9.82. The van der Waals surface area contributed by atoms with Crippen LogP contribution in [0.5, 0.6) is 0 Å². The van der Waals surface area contributed by atoms with Gasteiger partial charge in [0.25, 0.3) is 5.92 Å². The first-order valence-electron chi connectivity index (χ1n) is 10.6. The zero-order valence-electron chi connectivity index (χ0n) is 18.0. The molecule has 1 saturated carbocycles. The summed E-state index contributed by atoms with van der Waals surface area (Å²) in [7, 11) is 0. The van der Waals surface area contributed by atoms with Crippen molar-refractivity contribution in [1.82, 2.24) is 19.7 Å². The van der Waals surface area contributed by atoms with Gasteiger partial charge in [-0.15, -0.1) is 0 Å². The maximum absolute atomic E-state index is 14.3. The van der Waals surface area contributed by atoms with Crippen LogP contribution in [-0.4, -0.2) is 44.8 Å². The van der Waals surface area contributed by atoms with E-state index in [0.717, 1.165) is 16.3 Å². The SMILES string of the molecule is Cc1cc(Nc2ncc(C)c(N3CC(CC#N)(NC(=O)C4CCCCC4(F)F)C3)n2)sn1. The van der Waals surface area contributed by atoms with Gasteiger partial charge in [-0.2, -0.15) is 14.6 Å². The Morgan fingerprint density at radius 2 is 2.16 bits per heavy atom. The average Bonchev–Trinajstić information content (AvgIpc) is 3.11. The van der Waals surface area contributed by atoms with Crippen LogP contribution < -0.4 is 15.5 Å². The Kier molecular flexibility index (Phi) is 5.99. The Labute approximate surface area is 189 Å². The van der Waals surface area contributed by atoms with Crippen LogP contribution in [0.4, 0.5) is 25.5 Å². The van der Waals surface area contributed by atoms with Crippen molar-refractivity contribution in [3.63, 3.8) is 0 Å². The minimum atomic E-state index is -3.00. The number of rotatable bonds is 6. The van der Waals surface area contributed by atoms with E-state index in [4.69, 9.17) is 0 Å². The number of nitrogens with zero attached hydrogens (tertiary/aromatic N) is 5. The monoisotopic (exact) mass is 461 g/mol. The molecule has 32 heavy (non-hydrogen) atoms. The first kappa shape index (κ1) is 22.3. The van der Waals surface area contributed by atoms with E-state index in [1.165, 1.54) is 11.5 Å². The summed E-state index contributed by atoms with van der Waals surface area (Å²) >= 11 is 1.31. The van der Waals surface area contributed by atoms with E-state index in [9.17, 15) is 18.8 Å². The lowest BCUT2D eigenvalue weighted by Gasteiger charge is -2.51. The number of aromatic nitrogens is 3. The molecule has 2 fully saturated rings. The highest BCUT2D eigenvalue weighted by molar-refractivity contribution is 7.10. The van der Waals surface area contributed by atoms with Gasteiger partial charge in [-0.3, -0.25) is 4.79 Å². The number of hydrogen-bond donors (Lipinski definition) is 2. The predicted molar refractivity (Wildman–Crippen MR) is 117 cm³/mol. The Bertz CT molecular complexity index is 1050. The number of amides is 1. The van der Waals surface area contributed by atoms with Crippen LogP contribution in [0.2, 0.25) is 0 Å². The molecular formula is C21H25F2N7OS. The number of anilines is 3. The Balaban J connectivity index is 1.46. The number of carbonyl (C=O) groups excluding carboxylic acids is 1. The van der Waals surface area contributed by atoms with E-state index < -0.39 is 23.3 Å². The number of nitrogens with one attached hydrogen (secondary N) is 2. The summed E-state index contributed by atoms with van der Waals surface area (Å²) in [6, 6.07) is 3.99. The van der Waals surface area contributed by atoms with Crippen molar-refractivity contribution in [1.29, 1.82) is 5.26 Å². The molecule has 0 aromatic carbocycles. The van der Waals surface area contributed by atoms with Gasteiger partial charge < -0.3 is 15.5 Å². The van der Waals surface area contributed by atoms with Gasteiger partial charge in [0.1, 0.15) is 16.7 Å². The second kappa shape index (κ2) is 8.58. The van der Waals surface area contributed by atoms with Crippen molar-refractivity contribution in [3.05, 3.63) is 23.5 Å². The van der Waals surface area contributed by atoms with E-state index >= 15 is 0 Å². The fourth-order valence-corrected chi connectivity index (χ4v) is 4.99. The predicted octanol–water partition coefficient (Wildman–Crippen LogP) is 3.71. The van der Waals surface area contributed by atoms with E-state index in [2.05, 4.69) is 31.0 Å². The van der Waals surface area contributed by atoms with E-state index in [0.29, 0.717) is 37.7 Å². The zero-order chi connectivity index (χ0) is 22.9. The summed E-state index contributed by atoms with van der Waals surface area (Å²) in [6.45, 7) is 4.42. The van der Waals surface area contributed by atoms with Gasteiger partial charge in [0.05, 0.1) is 23.7 Å². The molecule has 1 unspecified atom stereocenters. The average molecular weight is 462 g/mol. The summed E-state index contributed by atoms with van der Waals surface area (Å²) < 4.78 is 32.7. The first-order valence-corrected chi connectivity index (χ1v) is 11.3. The highest BCUT2D eigenvalue weighted by Gasteiger charge is 2.50. The van der Waals surface area contributed by atoms with Gasteiger partial charge in [-0.05, 0) is 44.3 Å². The van der Waals surface area contributed by atoms with Crippen LogP contribution in [-0.2, 0) is 4.79 Å². The summed E-state index contributed by atoms with van der Waals surface area (Å²) in [6.07, 6.45) is 2.69. The quantitative estimate of drug-likeness (QED) is 0.675. The van der Waals surface area contributed by atoms with E-state index in [1.807, 2.05) is 24.8 Å². The molecule has 8 nitrogen and oxygen atoms in total. The van der Waals surface area contributed by atoms with Crippen molar-refractivity contribution < 1.29 is 13.6 Å². The molecular weight excluding hydrogens is 436 g/mol. The van der Waals surface area contributed by atoms with E-state index in [-0.39, 0.29) is 19.3 Å². The Morgan fingerprint density at radius 1 is 1.38 bits per heavy atom. The standard InChI is InChI=1S/C21H25F2N7OS/c1-13-10-25-19(26-16-9-14(2)29-32-16)27-17(13)30-11-20(12-30,7-8-24)28-18(31)15-5-3-4-6-21(15,22)23/h9-10,15H,3-7,11-12H2,1-2H3,(H,28,31)(H,25,26,27). The lowest BCUT2D eigenvalue weighted by molar-refractivity contribution is -0.147. The maximum atomic E-state index is 14.3. The molecule has 3 heterocycles. The highest BCUT2D eigenvalue weighted by atomic mass is 32.1. The molecule has 1 saturated heterocycles. The minimum absolute atomic E-state index is 0.0446. The van der Waals surface area contributed by atoms with Gasteiger partial charge in [-0.1, -0.05) is 6.42 Å². The van der Waals surface area contributed by atoms with Crippen LogP contribution in [0.3, 0.4) is 0 Å². The summed E-state index contributed by atoms with van der Waals surface area (Å²) in [4.78, 5) is 23.5. The van der Waals surface area contributed by atoms with Crippen molar-refractivity contribution >= 4 is 34.2 Å². The fourth-order valence-electron chi connectivity index (χ4n) is 4.33. The largest absolute Gasteiger partial charge is 0.351 e. The summed E-state index contributed by atoms with van der Waals surface area (Å²) in [5, 5.41) is 16.0. The van der Waals surface area contributed by atoms with Gasteiger partial charge in [0.15, 0.2) is 0 Å². The van der Waals surface area contributed by atoms with Crippen LogP contribution in [0.1, 0.15) is 43.4 Å². The first-order chi connectivity index (χ1) is 15.2. The van der Waals surface area contributed by atoms with Crippen molar-refractivity contribution in [2.24, 2.45) is 5.92 Å². The normalized spacial score (nSPS) is 21.3. The van der Waals surface area contributed by atoms with Crippen LogP contribution >= 0.6 is 11.5 Å². The number of nitriles is 1. The van der Waals surface area contributed by atoms with Crippen LogP contribution in [0, 0.1) is 31.1 Å². The third-order valence-electron chi connectivity index (χ3n) is 5.98. The van der Waals surface area contributed by atoms with E-state index in [1.54, 1.807) is 6.20 Å². The molecule has 1 aliphatic carbocycles. The van der Waals surface area contributed by atoms with Crippen molar-refractivity contribution in [2.75, 3.05) is 23.3 Å². The third-order valence-corrected chi connectivity index (χ3v) is 6.78. The number of aryl methyl sites for hydroxylation is 2. The number of carbonyl (C=O) groups is 1. The lowest BCUT2D eigenvalue weighted by Crippen LogP contribution is -2.71. The molecule has 2 aromatic rings. The zero-order valence-corrected chi connectivity index (χ0v) is 18.8. The van der Waals surface area contributed by atoms with Gasteiger partial charge in [0, 0.05) is 31.3 Å². The van der Waals surface area contributed by atoms with Crippen LogP contribution in [0.15, 0.2) is 12.3 Å². The molecule has 2 aromatic heterocycles. The van der Waals surface area contributed by atoms with Gasteiger partial charge in [0.2, 0.25) is 11.9 Å². The number of alkyl halides is 2.